The van der Waals surface area contributed by atoms with Gasteiger partial charge in [-0.1, -0.05) is 0 Å². The molecule has 1 unspecified atom stereocenters. The van der Waals surface area contributed by atoms with E-state index in [2.05, 4.69) is 20.6 Å². The Morgan fingerprint density at radius 2 is 1.95 bits per heavy atom. The average molecular weight is 280 g/mol. The third-order valence-electron chi connectivity index (χ3n) is 2.22. The number of hydrogen-bond acceptors (Lipinski definition) is 5. The van der Waals surface area contributed by atoms with Crippen LogP contribution < -0.4 is 15.4 Å². The standard InChI is InChI=1S/C14H24N4O2/c1-9(2)20-11-7-8-15-13(17-11)16-10(3)12(19)18-14(4,5)6/h7-10H,1-6H3,(H,18,19)(H,15,16,17). The number of hydrogen-bond donors (Lipinski definition) is 2. The topological polar surface area (TPSA) is 76.1 Å². The smallest absolute Gasteiger partial charge is 0.242 e. The Bertz CT molecular complexity index is 455. The lowest BCUT2D eigenvalue weighted by molar-refractivity contribution is -0.122. The quantitative estimate of drug-likeness (QED) is 0.862. The van der Waals surface area contributed by atoms with Crippen LogP contribution in [0.2, 0.25) is 0 Å². The van der Waals surface area contributed by atoms with Crippen LogP contribution in [0.5, 0.6) is 5.88 Å². The van der Waals surface area contributed by atoms with Gasteiger partial charge in [0.05, 0.1) is 6.10 Å². The maximum Gasteiger partial charge on any atom is 0.242 e. The van der Waals surface area contributed by atoms with Crippen LogP contribution in [0.4, 0.5) is 5.95 Å². The van der Waals surface area contributed by atoms with Crippen LogP contribution in [0.25, 0.3) is 0 Å². The fourth-order valence-electron chi connectivity index (χ4n) is 1.46. The lowest BCUT2D eigenvalue weighted by Crippen LogP contribution is -2.47. The number of carbonyl (C=O) groups excluding carboxylic acids is 1. The van der Waals surface area contributed by atoms with Gasteiger partial charge in [0.1, 0.15) is 6.04 Å². The van der Waals surface area contributed by atoms with Gasteiger partial charge in [0.15, 0.2) is 0 Å². The summed E-state index contributed by atoms with van der Waals surface area (Å²) in [6, 6.07) is 1.26. The highest BCUT2D eigenvalue weighted by molar-refractivity contribution is 5.84. The minimum atomic E-state index is -0.427. The van der Waals surface area contributed by atoms with E-state index in [9.17, 15) is 4.79 Å². The van der Waals surface area contributed by atoms with Crippen LogP contribution in [0, 0.1) is 0 Å². The lowest BCUT2D eigenvalue weighted by Gasteiger charge is -2.23. The highest BCUT2D eigenvalue weighted by atomic mass is 16.5. The van der Waals surface area contributed by atoms with Crippen molar-refractivity contribution in [2.24, 2.45) is 0 Å². The van der Waals surface area contributed by atoms with Gasteiger partial charge in [-0.25, -0.2) is 4.98 Å². The van der Waals surface area contributed by atoms with E-state index in [0.29, 0.717) is 11.8 Å². The molecular weight excluding hydrogens is 256 g/mol. The normalized spacial score (nSPS) is 12.9. The second-order valence-electron chi connectivity index (χ2n) is 5.99. The van der Waals surface area contributed by atoms with E-state index in [-0.39, 0.29) is 17.6 Å². The Balaban J connectivity index is 2.66. The summed E-state index contributed by atoms with van der Waals surface area (Å²) in [5.74, 6) is 0.761. The van der Waals surface area contributed by atoms with Crippen LogP contribution >= 0.6 is 0 Å². The zero-order valence-corrected chi connectivity index (χ0v) is 13.0. The molecule has 1 aromatic rings. The number of ether oxygens (including phenoxy) is 1. The fourth-order valence-corrected chi connectivity index (χ4v) is 1.46. The molecule has 112 valence electrons. The molecule has 0 saturated heterocycles. The van der Waals surface area contributed by atoms with Crippen molar-refractivity contribution in [1.29, 1.82) is 0 Å². The summed E-state index contributed by atoms with van der Waals surface area (Å²) in [6.07, 6.45) is 1.64. The van der Waals surface area contributed by atoms with Crippen LogP contribution in [0.15, 0.2) is 12.3 Å². The van der Waals surface area contributed by atoms with Gasteiger partial charge in [-0.3, -0.25) is 4.79 Å². The van der Waals surface area contributed by atoms with Gasteiger partial charge in [0.25, 0.3) is 0 Å². The molecule has 0 radical (unpaired) electrons. The summed E-state index contributed by atoms with van der Waals surface area (Å²) in [5.41, 5.74) is -0.267. The first kappa shape index (κ1) is 16.2. The second kappa shape index (κ2) is 6.54. The van der Waals surface area contributed by atoms with Gasteiger partial charge in [0.2, 0.25) is 17.7 Å². The molecule has 0 aliphatic rings. The molecule has 20 heavy (non-hydrogen) atoms. The van der Waals surface area contributed by atoms with Gasteiger partial charge in [-0.05, 0) is 41.5 Å². The highest BCUT2D eigenvalue weighted by Crippen LogP contribution is 2.11. The zero-order chi connectivity index (χ0) is 15.3. The molecule has 1 atom stereocenters. The van der Waals surface area contributed by atoms with Crippen LogP contribution in [0.3, 0.4) is 0 Å². The third kappa shape index (κ3) is 5.86. The van der Waals surface area contributed by atoms with E-state index in [1.807, 2.05) is 34.6 Å². The molecular formula is C14H24N4O2. The van der Waals surface area contributed by atoms with Gasteiger partial charge in [0, 0.05) is 17.8 Å². The molecule has 1 amide bonds. The molecule has 0 fully saturated rings. The van der Waals surface area contributed by atoms with Crippen molar-refractivity contribution in [3.05, 3.63) is 12.3 Å². The molecule has 0 aromatic carbocycles. The first-order valence-corrected chi connectivity index (χ1v) is 6.75. The summed E-state index contributed by atoms with van der Waals surface area (Å²) < 4.78 is 5.49. The van der Waals surface area contributed by atoms with Crippen LogP contribution in [-0.2, 0) is 4.79 Å². The monoisotopic (exact) mass is 280 g/mol. The molecule has 6 heteroatoms. The summed E-state index contributed by atoms with van der Waals surface area (Å²) in [6.45, 7) is 11.4. The number of carbonyl (C=O) groups is 1. The number of aromatic nitrogens is 2. The molecule has 1 rings (SSSR count). The van der Waals surface area contributed by atoms with Gasteiger partial charge < -0.3 is 15.4 Å². The van der Waals surface area contributed by atoms with E-state index in [4.69, 9.17) is 4.74 Å². The summed E-state index contributed by atoms with van der Waals surface area (Å²) in [5, 5.41) is 5.86. The minimum absolute atomic E-state index is 0.0411. The number of nitrogens with one attached hydrogen (secondary N) is 2. The molecule has 1 heterocycles. The Labute approximate surface area is 120 Å². The van der Waals surface area contributed by atoms with E-state index >= 15 is 0 Å². The van der Waals surface area contributed by atoms with Gasteiger partial charge in [-0.15, -0.1) is 0 Å². The summed E-state index contributed by atoms with van der Waals surface area (Å²) in [7, 11) is 0. The first-order chi connectivity index (χ1) is 9.17. The third-order valence-corrected chi connectivity index (χ3v) is 2.22. The predicted octanol–water partition coefficient (Wildman–Crippen LogP) is 1.98. The Morgan fingerprint density at radius 1 is 1.30 bits per heavy atom. The van der Waals surface area contributed by atoms with E-state index < -0.39 is 6.04 Å². The maximum absolute atomic E-state index is 12.0. The largest absolute Gasteiger partial charge is 0.475 e. The summed E-state index contributed by atoms with van der Waals surface area (Å²) >= 11 is 0. The fraction of sp³-hybridized carbons (Fsp3) is 0.643. The molecule has 6 nitrogen and oxygen atoms in total. The van der Waals surface area contributed by atoms with Crippen molar-refractivity contribution in [1.82, 2.24) is 15.3 Å². The van der Waals surface area contributed by atoms with Crippen molar-refractivity contribution >= 4 is 11.9 Å². The SMILES string of the molecule is CC(C)Oc1ccnc(NC(C)C(=O)NC(C)(C)C)n1. The predicted molar refractivity (Wildman–Crippen MR) is 78.8 cm³/mol. The minimum Gasteiger partial charge on any atom is -0.475 e. The van der Waals surface area contributed by atoms with Crippen molar-refractivity contribution < 1.29 is 9.53 Å². The molecule has 1 aromatic heterocycles. The number of rotatable bonds is 5. The molecule has 0 bridgehead atoms. The lowest BCUT2D eigenvalue weighted by atomic mass is 10.1. The first-order valence-electron chi connectivity index (χ1n) is 6.75. The van der Waals surface area contributed by atoms with Crippen molar-refractivity contribution in [2.45, 2.75) is 59.2 Å². The number of amides is 1. The maximum atomic E-state index is 12.0. The molecule has 0 saturated carbocycles. The summed E-state index contributed by atoms with van der Waals surface area (Å²) in [4.78, 5) is 20.3. The number of anilines is 1. The Morgan fingerprint density at radius 3 is 2.50 bits per heavy atom. The Kier molecular flexibility index (Phi) is 5.30. The second-order valence-corrected chi connectivity index (χ2v) is 5.99. The van der Waals surface area contributed by atoms with E-state index in [1.54, 1.807) is 19.2 Å². The van der Waals surface area contributed by atoms with Crippen molar-refractivity contribution in [3.8, 4) is 5.88 Å². The number of nitrogens with zero attached hydrogens (tertiary/aromatic N) is 2. The Hall–Kier alpha value is -1.85. The highest BCUT2D eigenvalue weighted by Gasteiger charge is 2.19. The van der Waals surface area contributed by atoms with Gasteiger partial charge >= 0.3 is 0 Å². The van der Waals surface area contributed by atoms with Crippen molar-refractivity contribution in [2.75, 3.05) is 5.32 Å². The molecule has 2 N–H and O–H groups in total. The van der Waals surface area contributed by atoms with Crippen LogP contribution in [-0.4, -0.2) is 33.6 Å². The van der Waals surface area contributed by atoms with E-state index in [0.717, 1.165) is 0 Å². The average Bonchev–Trinajstić information content (AvgIpc) is 2.26. The molecule has 0 aliphatic carbocycles. The van der Waals surface area contributed by atoms with Crippen molar-refractivity contribution in [3.63, 3.8) is 0 Å². The zero-order valence-electron chi connectivity index (χ0n) is 13.0. The van der Waals surface area contributed by atoms with Gasteiger partial charge in [-0.2, -0.15) is 4.98 Å². The van der Waals surface area contributed by atoms with E-state index in [1.165, 1.54) is 0 Å². The molecule has 0 spiro atoms. The molecule has 0 aliphatic heterocycles. The van der Waals surface area contributed by atoms with Crippen LogP contribution in [0.1, 0.15) is 41.5 Å².